The third-order valence-electron chi connectivity index (χ3n) is 6.32. The van der Waals surface area contributed by atoms with Gasteiger partial charge in [0.2, 0.25) is 17.7 Å². The van der Waals surface area contributed by atoms with Gasteiger partial charge in [-0.25, -0.2) is 9.37 Å². The second-order valence-corrected chi connectivity index (χ2v) is 9.22. The van der Waals surface area contributed by atoms with Gasteiger partial charge in [0, 0.05) is 45.3 Å². The topological polar surface area (TPSA) is 86.5 Å². The second-order valence-electron chi connectivity index (χ2n) is 9.22. The van der Waals surface area contributed by atoms with Crippen molar-refractivity contribution < 1.29 is 27.5 Å². The van der Waals surface area contributed by atoms with E-state index in [1.54, 1.807) is 22.6 Å². The highest BCUT2D eigenvalue weighted by atomic mass is 19.4. The molecule has 1 fully saturated rings. The lowest BCUT2D eigenvalue weighted by molar-refractivity contribution is -0.137. The lowest BCUT2D eigenvalue weighted by atomic mass is 10.0. The van der Waals surface area contributed by atoms with Gasteiger partial charge in [-0.1, -0.05) is 0 Å². The number of anilines is 2. The second kappa shape index (κ2) is 9.47. The molecule has 36 heavy (non-hydrogen) atoms. The quantitative estimate of drug-likeness (QED) is 0.486. The lowest BCUT2D eigenvalue weighted by Gasteiger charge is -2.34. The largest absolute Gasteiger partial charge is 0.493 e. The number of fused-ring (bicyclic) bond motifs is 1. The number of nitrogens with one attached hydrogen (secondary N) is 1. The van der Waals surface area contributed by atoms with Crippen LogP contribution in [0, 0.1) is 5.82 Å². The normalized spacial score (nSPS) is 15.6. The first-order valence-electron chi connectivity index (χ1n) is 11.6. The Bertz CT molecular complexity index is 1280. The van der Waals surface area contributed by atoms with Crippen molar-refractivity contribution in [2.45, 2.75) is 46.0 Å². The molecule has 2 N–H and O–H groups in total. The first-order chi connectivity index (χ1) is 16.8. The fraction of sp³-hybridized carbons (Fsp3) is 0.458. The Hall–Kier alpha value is -3.57. The smallest absolute Gasteiger partial charge is 0.416 e. The molecule has 1 amide bonds. The number of carbonyl (C=O) groups is 1. The molecule has 4 rings (SSSR count). The van der Waals surface area contributed by atoms with Crippen LogP contribution in [-0.2, 0) is 11.0 Å². The van der Waals surface area contributed by atoms with Crippen molar-refractivity contribution in [3.63, 3.8) is 0 Å². The van der Waals surface area contributed by atoms with E-state index in [9.17, 15) is 27.5 Å². The van der Waals surface area contributed by atoms with E-state index in [4.69, 9.17) is 0 Å². The minimum absolute atomic E-state index is 0.0258. The highest BCUT2D eigenvalue weighted by Crippen LogP contribution is 2.36. The summed E-state index contributed by atoms with van der Waals surface area (Å²) < 4.78 is 55.4. The summed E-state index contributed by atoms with van der Waals surface area (Å²) in [6, 6.07) is 1.57. The average molecular weight is 509 g/mol. The van der Waals surface area contributed by atoms with Gasteiger partial charge < -0.3 is 24.8 Å². The fourth-order valence-electron chi connectivity index (χ4n) is 4.25. The van der Waals surface area contributed by atoms with Crippen LogP contribution in [0.5, 0.6) is 5.88 Å². The van der Waals surface area contributed by atoms with E-state index in [1.165, 1.54) is 6.92 Å². The highest BCUT2D eigenvalue weighted by molar-refractivity contribution is 5.94. The van der Waals surface area contributed by atoms with Gasteiger partial charge >= 0.3 is 6.18 Å². The number of nitrogens with zero attached hydrogens (tertiary/aromatic N) is 5. The van der Waals surface area contributed by atoms with Gasteiger partial charge in [0.1, 0.15) is 17.2 Å². The first kappa shape index (κ1) is 25.5. The number of alkyl halides is 3. The number of benzene rings is 1. The number of amides is 1. The van der Waals surface area contributed by atoms with E-state index in [0.717, 1.165) is 12.1 Å². The van der Waals surface area contributed by atoms with Gasteiger partial charge in [0.15, 0.2) is 0 Å². The van der Waals surface area contributed by atoms with Crippen LogP contribution in [-0.4, -0.2) is 56.6 Å². The molecule has 194 valence electrons. The minimum Gasteiger partial charge on any atom is -0.493 e. The Balaban J connectivity index is 1.74. The minimum atomic E-state index is -4.69. The monoisotopic (exact) mass is 508 g/mol. The molecule has 1 atom stereocenters. The molecule has 1 aliphatic heterocycles. The van der Waals surface area contributed by atoms with Crippen molar-refractivity contribution in [1.82, 2.24) is 19.4 Å². The van der Waals surface area contributed by atoms with Gasteiger partial charge in [-0.2, -0.15) is 18.2 Å². The van der Waals surface area contributed by atoms with Crippen LogP contribution in [0.2, 0.25) is 0 Å². The zero-order valence-electron chi connectivity index (χ0n) is 20.4. The van der Waals surface area contributed by atoms with Crippen molar-refractivity contribution in [1.29, 1.82) is 0 Å². The van der Waals surface area contributed by atoms with Crippen LogP contribution in [0.15, 0.2) is 24.4 Å². The van der Waals surface area contributed by atoms with Crippen LogP contribution < -0.4 is 10.2 Å². The maximum Gasteiger partial charge on any atom is 0.416 e. The van der Waals surface area contributed by atoms with Gasteiger partial charge in [0.05, 0.1) is 17.0 Å². The van der Waals surface area contributed by atoms with Gasteiger partial charge in [-0.15, -0.1) is 0 Å². The molecule has 0 aliphatic carbocycles. The van der Waals surface area contributed by atoms with E-state index in [-0.39, 0.29) is 28.9 Å². The van der Waals surface area contributed by atoms with E-state index in [0.29, 0.717) is 49.4 Å². The molecule has 0 spiro atoms. The van der Waals surface area contributed by atoms with Crippen LogP contribution in [0.4, 0.5) is 29.3 Å². The molecule has 0 bridgehead atoms. The van der Waals surface area contributed by atoms with Gasteiger partial charge in [-0.05, 0) is 44.5 Å². The Morgan fingerprint density at radius 1 is 1.08 bits per heavy atom. The standard InChI is InChI=1S/C24H28F4N6O2/c1-13(2)34-12-19-20(22(34)36)30-23(33-7-5-32(6-8-33)15(4)35)31-21(19)29-14(3)16-9-17(24(26,27)28)11-18(25)10-16/h9-14,36H,5-8H2,1-4H3,(H,29,30,31)/t14-/m1/s1. The lowest BCUT2D eigenvalue weighted by Crippen LogP contribution is -2.48. The summed E-state index contributed by atoms with van der Waals surface area (Å²) in [6.45, 7) is 8.80. The number of aromatic hydroxyl groups is 1. The molecule has 2 aromatic heterocycles. The van der Waals surface area contributed by atoms with Crippen molar-refractivity contribution in [3.8, 4) is 5.88 Å². The number of rotatable bonds is 5. The molecule has 1 saturated heterocycles. The Morgan fingerprint density at radius 2 is 1.75 bits per heavy atom. The summed E-state index contributed by atoms with van der Waals surface area (Å²) in [4.78, 5) is 24.5. The Morgan fingerprint density at radius 3 is 2.33 bits per heavy atom. The third kappa shape index (κ3) is 5.02. The fourth-order valence-corrected chi connectivity index (χ4v) is 4.25. The van der Waals surface area contributed by atoms with Crippen LogP contribution in [0.1, 0.15) is 50.9 Å². The summed E-state index contributed by atoms with van der Waals surface area (Å²) in [7, 11) is 0. The van der Waals surface area contributed by atoms with Crippen molar-refractivity contribution in [2.75, 3.05) is 36.4 Å². The van der Waals surface area contributed by atoms with Crippen LogP contribution in [0.3, 0.4) is 0 Å². The molecule has 1 aliphatic rings. The van der Waals surface area contributed by atoms with E-state index in [1.807, 2.05) is 18.7 Å². The molecule has 12 heteroatoms. The predicted molar refractivity (Wildman–Crippen MR) is 127 cm³/mol. The third-order valence-corrected chi connectivity index (χ3v) is 6.32. The zero-order valence-corrected chi connectivity index (χ0v) is 20.4. The summed E-state index contributed by atoms with van der Waals surface area (Å²) in [6.07, 6.45) is -3.01. The summed E-state index contributed by atoms with van der Waals surface area (Å²) in [5.74, 6) is -0.473. The molecule has 3 aromatic rings. The first-order valence-corrected chi connectivity index (χ1v) is 11.6. The number of piperazine rings is 1. The van der Waals surface area contributed by atoms with E-state index < -0.39 is 23.6 Å². The number of aromatic nitrogens is 3. The summed E-state index contributed by atoms with van der Waals surface area (Å²) in [5.41, 5.74) is -0.697. The SMILES string of the molecule is CC(=O)N1CCN(c2nc(N[C@H](C)c3cc(F)cc(C(F)(F)F)c3)c3cn(C(C)C)c(O)c3n2)CC1. The average Bonchev–Trinajstić information content (AvgIpc) is 3.15. The van der Waals surface area contributed by atoms with E-state index in [2.05, 4.69) is 15.3 Å². The zero-order chi connectivity index (χ0) is 26.4. The number of hydrogen-bond donors (Lipinski definition) is 2. The molecule has 0 unspecified atom stereocenters. The molecule has 0 saturated carbocycles. The van der Waals surface area contributed by atoms with Crippen LogP contribution in [0.25, 0.3) is 10.9 Å². The maximum absolute atomic E-state index is 14.0. The van der Waals surface area contributed by atoms with Crippen molar-refractivity contribution >= 4 is 28.6 Å². The molecular weight excluding hydrogens is 480 g/mol. The molecule has 8 nitrogen and oxygen atoms in total. The number of carbonyl (C=O) groups excluding carboxylic acids is 1. The van der Waals surface area contributed by atoms with Gasteiger partial charge in [-0.3, -0.25) is 4.79 Å². The molecule has 1 aromatic carbocycles. The Kier molecular flexibility index (Phi) is 6.72. The predicted octanol–water partition coefficient (Wildman–Crippen LogP) is 4.72. The number of halogens is 4. The summed E-state index contributed by atoms with van der Waals surface area (Å²) in [5, 5.41) is 14.4. The Labute approximate surface area is 205 Å². The van der Waals surface area contributed by atoms with Crippen molar-refractivity contribution in [3.05, 3.63) is 41.3 Å². The van der Waals surface area contributed by atoms with Crippen LogP contribution >= 0.6 is 0 Å². The highest BCUT2D eigenvalue weighted by Gasteiger charge is 2.32. The number of hydrogen-bond acceptors (Lipinski definition) is 6. The van der Waals surface area contributed by atoms with E-state index >= 15 is 0 Å². The van der Waals surface area contributed by atoms with Crippen molar-refractivity contribution in [2.24, 2.45) is 0 Å². The maximum atomic E-state index is 14.0. The molecule has 3 heterocycles. The van der Waals surface area contributed by atoms with Gasteiger partial charge in [0.25, 0.3) is 0 Å². The molecular formula is C24H28F4N6O2. The molecule has 0 radical (unpaired) electrons. The summed E-state index contributed by atoms with van der Waals surface area (Å²) >= 11 is 0.